The predicted molar refractivity (Wildman–Crippen MR) is 40.4 cm³/mol. The van der Waals surface area contributed by atoms with Crippen LogP contribution in [0, 0.1) is 0 Å². The summed E-state index contributed by atoms with van der Waals surface area (Å²) in [6.07, 6.45) is 2.62. The van der Waals surface area contributed by atoms with Crippen LogP contribution in [0.2, 0.25) is 0 Å². The molecule has 0 aliphatic rings. The van der Waals surface area contributed by atoms with Gasteiger partial charge in [0, 0.05) is 0 Å². The molecule has 0 aliphatic carbocycles. The fraction of sp³-hybridized carbons (Fsp3) is 0. The molecule has 0 fully saturated rings. The molecule has 8 heteroatoms. The van der Waals surface area contributed by atoms with Gasteiger partial charge in [-0.15, -0.1) is 0 Å². The summed E-state index contributed by atoms with van der Waals surface area (Å²) < 4.78 is 35.9. The molecule has 70 valence electrons. The van der Waals surface area contributed by atoms with Gasteiger partial charge in [0.15, 0.2) is 0 Å². The maximum atomic E-state index is 8.74. The Morgan fingerprint density at radius 1 is 1.25 bits per heavy atom. The van der Waals surface area contributed by atoms with E-state index in [1.807, 2.05) is 0 Å². The van der Waals surface area contributed by atoms with Gasteiger partial charge in [-0.25, -0.2) is 0 Å². The van der Waals surface area contributed by atoms with Gasteiger partial charge in [-0.2, -0.15) is 8.42 Å². The monoisotopic (exact) mass is 210 g/mol. The summed E-state index contributed by atoms with van der Waals surface area (Å²) in [4.78, 5) is 0. The zero-order valence-electron chi connectivity index (χ0n) is 7.60. The quantitative estimate of drug-likeness (QED) is 0.285. The molecule has 4 N–H and O–H groups in total. The molecule has 0 aliphatic heterocycles. The van der Waals surface area contributed by atoms with Crippen molar-refractivity contribution in [1.29, 1.82) is 0 Å². The third-order valence-corrected chi connectivity index (χ3v) is 0.192. The van der Waals surface area contributed by atoms with E-state index in [-0.39, 0.29) is 36.5 Å². The van der Waals surface area contributed by atoms with E-state index in [0.717, 1.165) is 0 Å². The van der Waals surface area contributed by atoms with Crippen LogP contribution in [0.1, 0.15) is 1.43 Å². The molecule has 0 rings (SSSR count). The van der Waals surface area contributed by atoms with E-state index in [1.54, 1.807) is 0 Å². The van der Waals surface area contributed by atoms with Gasteiger partial charge in [-0.3, -0.25) is 9.11 Å². The molecular formula is C4H11NaO6S. The minimum absolute atomic E-state index is 0. The van der Waals surface area contributed by atoms with Crippen molar-refractivity contribution in [2.45, 2.75) is 0 Å². The van der Waals surface area contributed by atoms with Crippen LogP contribution in [0.4, 0.5) is 0 Å². The number of rotatable bonds is 2. The minimum atomic E-state index is -4.67. The van der Waals surface area contributed by atoms with Crippen LogP contribution in [0.15, 0.2) is 25.7 Å². The Balaban J connectivity index is -0.0000000267. The fourth-order valence-corrected chi connectivity index (χ4v) is 0.0680. The van der Waals surface area contributed by atoms with E-state index in [4.69, 9.17) is 17.5 Å². The minimum Gasteiger partial charge on any atom is -1.00 e. The Bertz CT molecular complexity index is 177. The molecule has 0 spiro atoms. The van der Waals surface area contributed by atoms with Crippen LogP contribution >= 0.6 is 0 Å². The average Bonchev–Trinajstić information content (AvgIpc) is 1.63. The standard InChI is InChI=1S/C4H6O.Na.H2O4S.H2O.H/c1-3-5-4-2;;1-5(2,3)4;;/h3-4H,1-2H2;;(H2,1,2,3,4);1H2;/q;+1;;;-1. The van der Waals surface area contributed by atoms with Crippen molar-refractivity contribution in [2.75, 3.05) is 0 Å². The van der Waals surface area contributed by atoms with Gasteiger partial charge in [0.2, 0.25) is 0 Å². The summed E-state index contributed by atoms with van der Waals surface area (Å²) in [5, 5.41) is 0. The third kappa shape index (κ3) is 188. The SMILES string of the molecule is C=COC=C.O.O=S(=O)(O)O.[H-].[Na+]. The third-order valence-electron chi connectivity index (χ3n) is 0.192. The summed E-state index contributed by atoms with van der Waals surface area (Å²) >= 11 is 0. The summed E-state index contributed by atoms with van der Waals surface area (Å²) in [6.45, 7) is 6.51. The second-order valence-electron chi connectivity index (χ2n) is 0.917. The second-order valence-corrected chi connectivity index (χ2v) is 1.81. The first kappa shape index (κ1) is 22.7. The van der Waals surface area contributed by atoms with Crippen molar-refractivity contribution in [3.05, 3.63) is 25.7 Å². The summed E-state index contributed by atoms with van der Waals surface area (Å²) in [5.74, 6) is 0. The van der Waals surface area contributed by atoms with Crippen molar-refractivity contribution in [1.82, 2.24) is 0 Å². The molecule has 0 radical (unpaired) electrons. The van der Waals surface area contributed by atoms with Crippen LogP contribution in [0.25, 0.3) is 0 Å². The molecule has 0 aromatic rings. The van der Waals surface area contributed by atoms with Gasteiger partial charge in [-0.1, -0.05) is 13.2 Å². The van der Waals surface area contributed by atoms with E-state index in [2.05, 4.69) is 17.9 Å². The number of ether oxygens (including phenoxy) is 1. The maximum Gasteiger partial charge on any atom is 1.00 e. The van der Waals surface area contributed by atoms with Crippen molar-refractivity contribution in [3.63, 3.8) is 0 Å². The molecule has 0 saturated heterocycles. The Morgan fingerprint density at radius 2 is 1.42 bits per heavy atom. The molecule has 0 amide bonds. The molecule has 0 saturated carbocycles. The predicted octanol–water partition coefficient (Wildman–Crippen LogP) is -3.07. The number of hydrogen-bond acceptors (Lipinski definition) is 3. The van der Waals surface area contributed by atoms with Crippen LogP contribution in [-0.4, -0.2) is 23.0 Å². The van der Waals surface area contributed by atoms with E-state index < -0.39 is 10.4 Å². The van der Waals surface area contributed by atoms with Crippen molar-refractivity contribution < 1.29 is 58.7 Å². The molecule has 0 atom stereocenters. The Morgan fingerprint density at radius 3 is 1.42 bits per heavy atom. The molecular weight excluding hydrogens is 199 g/mol. The van der Waals surface area contributed by atoms with Crippen molar-refractivity contribution in [3.8, 4) is 0 Å². The molecule has 0 unspecified atom stereocenters. The molecule has 0 aromatic heterocycles. The first-order chi connectivity index (χ1) is 4.41. The van der Waals surface area contributed by atoms with E-state index in [1.165, 1.54) is 12.5 Å². The summed E-state index contributed by atoms with van der Waals surface area (Å²) in [7, 11) is -4.67. The topological polar surface area (TPSA) is 115 Å². The van der Waals surface area contributed by atoms with Gasteiger partial charge >= 0.3 is 40.0 Å². The van der Waals surface area contributed by atoms with Gasteiger partial charge < -0.3 is 11.6 Å². The van der Waals surface area contributed by atoms with Gasteiger partial charge in [0.25, 0.3) is 0 Å². The number of hydrogen-bond donors (Lipinski definition) is 2. The summed E-state index contributed by atoms with van der Waals surface area (Å²) in [6, 6.07) is 0. The molecule has 0 bridgehead atoms. The molecule has 0 heterocycles. The van der Waals surface area contributed by atoms with Crippen LogP contribution < -0.4 is 29.6 Å². The fourth-order valence-electron chi connectivity index (χ4n) is 0.0680. The van der Waals surface area contributed by atoms with Crippen LogP contribution in [-0.2, 0) is 15.1 Å². The first-order valence-corrected chi connectivity index (χ1v) is 3.38. The van der Waals surface area contributed by atoms with E-state index in [0.29, 0.717) is 0 Å². The van der Waals surface area contributed by atoms with Gasteiger partial charge in [0.05, 0.1) is 12.5 Å². The maximum absolute atomic E-state index is 8.74. The zero-order chi connectivity index (χ0) is 8.62. The summed E-state index contributed by atoms with van der Waals surface area (Å²) in [5.41, 5.74) is 0. The van der Waals surface area contributed by atoms with Gasteiger partial charge in [-0.05, 0) is 0 Å². The zero-order valence-corrected chi connectivity index (χ0v) is 9.41. The van der Waals surface area contributed by atoms with E-state index >= 15 is 0 Å². The normalized spacial score (nSPS) is 7.17. The van der Waals surface area contributed by atoms with Crippen LogP contribution in [0.5, 0.6) is 0 Å². The van der Waals surface area contributed by atoms with E-state index in [9.17, 15) is 0 Å². The second kappa shape index (κ2) is 13.7. The largest absolute Gasteiger partial charge is 1.00 e. The van der Waals surface area contributed by atoms with Crippen molar-refractivity contribution in [2.24, 2.45) is 0 Å². The molecule has 12 heavy (non-hydrogen) atoms. The van der Waals surface area contributed by atoms with Crippen molar-refractivity contribution >= 4 is 10.4 Å². The first-order valence-electron chi connectivity index (χ1n) is 1.99. The Hall–Kier alpha value is 0.110. The Kier molecular flexibility index (Phi) is 25.9. The average molecular weight is 210 g/mol. The molecule has 0 aromatic carbocycles. The van der Waals surface area contributed by atoms with Crippen LogP contribution in [0.3, 0.4) is 0 Å². The molecule has 6 nitrogen and oxygen atoms in total. The Labute approximate surface area is 94.6 Å². The van der Waals surface area contributed by atoms with Gasteiger partial charge in [0.1, 0.15) is 0 Å². The smallest absolute Gasteiger partial charge is 1.00 e.